The minimum atomic E-state index is -3.94. The summed E-state index contributed by atoms with van der Waals surface area (Å²) in [5, 5.41) is 0. The number of ether oxygens (including phenoxy) is 2. The zero-order valence-corrected chi connectivity index (χ0v) is 15.2. The summed E-state index contributed by atoms with van der Waals surface area (Å²) in [7, 11) is -2.44. The monoisotopic (exact) mass is 363 g/mol. The molecule has 134 valence electrons. The van der Waals surface area contributed by atoms with Crippen LogP contribution in [0.15, 0.2) is 53.4 Å². The third-order valence-electron chi connectivity index (χ3n) is 3.59. The van der Waals surface area contributed by atoms with Crippen molar-refractivity contribution in [2.75, 3.05) is 24.6 Å². The molecule has 0 spiro atoms. The van der Waals surface area contributed by atoms with Crippen molar-refractivity contribution in [3.63, 3.8) is 0 Å². The minimum absolute atomic E-state index is 0.0986. The molecule has 7 heteroatoms. The van der Waals surface area contributed by atoms with E-state index in [-0.39, 0.29) is 11.5 Å². The molecular formula is C18H21NO5S. The van der Waals surface area contributed by atoms with Crippen LogP contribution in [0.3, 0.4) is 0 Å². The number of methoxy groups -OCH3 is 1. The topological polar surface area (TPSA) is 72.9 Å². The van der Waals surface area contributed by atoms with Crippen LogP contribution in [-0.4, -0.2) is 34.6 Å². The van der Waals surface area contributed by atoms with E-state index in [1.54, 1.807) is 50.2 Å². The van der Waals surface area contributed by atoms with Crippen molar-refractivity contribution in [1.82, 2.24) is 0 Å². The smallest absolute Gasteiger partial charge is 0.326 e. The Morgan fingerprint density at radius 2 is 1.80 bits per heavy atom. The van der Waals surface area contributed by atoms with Crippen LogP contribution in [0.5, 0.6) is 5.75 Å². The largest absolute Gasteiger partial charge is 0.497 e. The molecule has 0 fully saturated rings. The Morgan fingerprint density at radius 3 is 2.40 bits per heavy atom. The van der Waals surface area contributed by atoms with Gasteiger partial charge in [0.15, 0.2) is 0 Å². The number of hydrogen-bond donors (Lipinski definition) is 0. The van der Waals surface area contributed by atoms with Gasteiger partial charge in [0.25, 0.3) is 10.0 Å². The van der Waals surface area contributed by atoms with Crippen molar-refractivity contribution in [1.29, 1.82) is 0 Å². The molecule has 25 heavy (non-hydrogen) atoms. The van der Waals surface area contributed by atoms with Gasteiger partial charge in [0, 0.05) is 6.07 Å². The molecule has 0 unspecified atom stereocenters. The fraction of sp³-hybridized carbons (Fsp3) is 0.278. The number of sulfonamides is 1. The summed E-state index contributed by atoms with van der Waals surface area (Å²) in [5.74, 6) is -0.123. The van der Waals surface area contributed by atoms with Gasteiger partial charge in [-0.15, -0.1) is 0 Å². The number of aryl methyl sites for hydroxylation is 1. The number of benzene rings is 2. The van der Waals surface area contributed by atoms with E-state index in [9.17, 15) is 13.2 Å². The van der Waals surface area contributed by atoms with Crippen molar-refractivity contribution < 1.29 is 22.7 Å². The van der Waals surface area contributed by atoms with Crippen LogP contribution in [0.1, 0.15) is 12.5 Å². The maximum Gasteiger partial charge on any atom is 0.326 e. The number of anilines is 1. The van der Waals surface area contributed by atoms with Crippen LogP contribution in [0.2, 0.25) is 0 Å². The van der Waals surface area contributed by atoms with Gasteiger partial charge in [-0.05, 0) is 37.6 Å². The Hall–Kier alpha value is -2.54. The summed E-state index contributed by atoms with van der Waals surface area (Å²) >= 11 is 0. The first-order chi connectivity index (χ1) is 11.9. The van der Waals surface area contributed by atoms with Gasteiger partial charge in [-0.2, -0.15) is 0 Å². The van der Waals surface area contributed by atoms with Gasteiger partial charge >= 0.3 is 5.97 Å². The highest BCUT2D eigenvalue weighted by atomic mass is 32.2. The minimum Gasteiger partial charge on any atom is -0.497 e. The van der Waals surface area contributed by atoms with E-state index >= 15 is 0 Å². The third-order valence-corrected chi connectivity index (χ3v) is 5.37. The predicted octanol–water partition coefficient (Wildman–Crippen LogP) is 2.76. The van der Waals surface area contributed by atoms with Crippen LogP contribution < -0.4 is 9.04 Å². The zero-order valence-electron chi connectivity index (χ0n) is 14.4. The van der Waals surface area contributed by atoms with Crippen LogP contribution in [0.4, 0.5) is 5.69 Å². The van der Waals surface area contributed by atoms with Gasteiger partial charge in [-0.25, -0.2) is 8.42 Å². The molecule has 2 aromatic rings. The highest BCUT2D eigenvalue weighted by Crippen LogP contribution is 2.30. The van der Waals surface area contributed by atoms with Crippen molar-refractivity contribution >= 4 is 21.7 Å². The lowest BCUT2D eigenvalue weighted by Crippen LogP contribution is -2.37. The molecule has 2 aromatic carbocycles. The van der Waals surface area contributed by atoms with Crippen LogP contribution in [0.25, 0.3) is 0 Å². The number of carbonyl (C=O) groups is 1. The lowest BCUT2D eigenvalue weighted by molar-refractivity contribution is -0.141. The molecule has 0 aliphatic heterocycles. The maximum absolute atomic E-state index is 13.1. The second kappa shape index (κ2) is 8.02. The van der Waals surface area contributed by atoms with Crippen molar-refractivity contribution in [3.8, 4) is 5.75 Å². The van der Waals surface area contributed by atoms with Gasteiger partial charge in [-0.1, -0.05) is 24.3 Å². The predicted molar refractivity (Wildman–Crippen MR) is 95.3 cm³/mol. The van der Waals surface area contributed by atoms with E-state index in [0.717, 1.165) is 4.31 Å². The fourth-order valence-electron chi connectivity index (χ4n) is 2.33. The molecule has 0 N–H and O–H groups in total. The van der Waals surface area contributed by atoms with Crippen molar-refractivity contribution in [3.05, 3.63) is 54.1 Å². The average molecular weight is 363 g/mol. The second-order valence-corrected chi connectivity index (χ2v) is 7.14. The first-order valence-corrected chi connectivity index (χ1v) is 9.22. The quantitative estimate of drug-likeness (QED) is 0.707. The summed E-state index contributed by atoms with van der Waals surface area (Å²) in [6.45, 7) is 3.20. The lowest BCUT2D eigenvalue weighted by Gasteiger charge is -2.25. The number of nitrogens with zero attached hydrogens (tertiary/aromatic N) is 1. The van der Waals surface area contributed by atoms with E-state index < -0.39 is 22.5 Å². The van der Waals surface area contributed by atoms with Crippen LogP contribution in [0, 0.1) is 6.92 Å². The molecule has 0 saturated heterocycles. The standard InChI is InChI=1S/C18H21NO5S/c1-4-24-18(20)13-19(17-12-15(23-3)11-10-14(17)2)25(21,22)16-8-6-5-7-9-16/h5-12H,4,13H2,1-3H3. The van der Waals surface area contributed by atoms with Gasteiger partial charge in [0.1, 0.15) is 12.3 Å². The van der Waals surface area contributed by atoms with Crippen LogP contribution in [-0.2, 0) is 19.6 Å². The van der Waals surface area contributed by atoms with E-state index in [1.807, 2.05) is 0 Å². The number of esters is 1. The number of carbonyl (C=O) groups excluding carboxylic acids is 1. The van der Waals surface area contributed by atoms with E-state index in [4.69, 9.17) is 9.47 Å². The first kappa shape index (κ1) is 18.8. The summed E-state index contributed by atoms with van der Waals surface area (Å²) in [4.78, 5) is 12.1. The summed E-state index contributed by atoms with van der Waals surface area (Å²) in [5.41, 5.74) is 1.07. The molecule has 6 nitrogen and oxygen atoms in total. The Bertz CT molecular complexity index is 834. The first-order valence-electron chi connectivity index (χ1n) is 7.78. The molecule has 0 radical (unpaired) electrons. The lowest BCUT2D eigenvalue weighted by atomic mass is 10.2. The molecule has 0 aliphatic rings. The SMILES string of the molecule is CCOC(=O)CN(c1cc(OC)ccc1C)S(=O)(=O)c1ccccc1. The van der Waals surface area contributed by atoms with E-state index in [0.29, 0.717) is 17.0 Å². The van der Waals surface area contributed by atoms with Crippen molar-refractivity contribution in [2.45, 2.75) is 18.7 Å². The Kier molecular flexibility index (Phi) is 6.03. The zero-order chi connectivity index (χ0) is 18.4. The Labute approximate surface area is 148 Å². The van der Waals surface area contributed by atoms with Gasteiger partial charge in [-0.3, -0.25) is 9.10 Å². The van der Waals surface area contributed by atoms with Gasteiger partial charge in [0.2, 0.25) is 0 Å². The van der Waals surface area contributed by atoms with E-state index in [1.165, 1.54) is 19.2 Å². The summed E-state index contributed by atoms with van der Waals surface area (Å²) < 4.78 is 37.4. The summed E-state index contributed by atoms with van der Waals surface area (Å²) in [6, 6.07) is 13.0. The number of hydrogen-bond acceptors (Lipinski definition) is 5. The second-order valence-electron chi connectivity index (χ2n) is 5.28. The Morgan fingerprint density at radius 1 is 1.12 bits per heavy atom. The Balaban J connectivity index is 2.56. The summed E-state index contributed by atoms with van der Waals surface area (Å²) in [6.07, 6.45) is 0. The molecule has 2 rings (SSSR count). The molecular weight excluding hydrogens is 342 g/mol. The molecule has 0 amide bonds. The molecule has 0 saturated carbocycles. The highest BCUT2D eigenvalue weighted by molar-refractivity contribution is 7.92. The van der Waals surface area contributed by atoms with E-state index in [2.05, 4.69) is 0 Å². The molecule has 0 bridgehead atoms. The molecule has 0 aromatic heterocycles. The van der Waals surface area contributed by atoms with Crippen molar-refractivity contribution in [2.24, 2.45) is 0 Å². The number of rotatable bonds is 7. The van der Waals surface area contributed by atoms with Gasteiger partial charge in [0.05, 0.1) is 24.3 Å². The van der Waals surface area contributed by atoms with Crippen LogP contribution >= 0.6 is 0 Å². The molecule has 0 atom stereocenters. The normalized spacial score (nSPS) is 11.0. The average Bonchev–Trinajstić information content (AvgIpc) is 2.61. The van der Waals surface area contributed by atoms with Gasteiger partial charge < -0.3 is 9.47 Å². The molecule has 0 aliphatic carbocycles. The fourth-order valence-corrected chi connectivity index (χ4v) is 3.81. The third kappa shape index (κ3) is 4.30. The molecule has 0 heterocycles. The highest BCUT2D eigenvalue weighted by Gasteiger charge is 2.29. The maximum atomic E-state index is 13.1.